The lowest BCUT2D eigenvalue weighted by Gasteiger charge is -2.11. The molecule has 0 fully saturated rings. The lowest BCUT2D eigenvalue weighted by molar-refractivity contribution is -0.141. The summed E-state index contributed by atoms with van der Waals surface area (Å²) in [7, 11) is 0. The Balaban J connectivity index is 3.38. The van der Waals surface area contributed by atoms with Crippen molar-refractivity contribution in [3.63, 3.8) is 0 Å². The molecule has 1 nitrogen and oxygen atoms in total. The molecule has 8 heteroatoms. The van der Waals surface area contributed by atoms with Gasteiger partial charge in [-0.2, -0.15) is 17.6 Å². The van der Waals surface area contributed by atoms with E-state index in [1.165, 1.54) is 0 Å². The van der Waals surface area contributed by atoms with Gasteiger partial charge >= 0.3 is 6.18 Å². The molecule has 0 saturated heterocycles. The number of aromatic nitrogens is 1. The molecule has 0 aromatic carbocycles. The van der Waals surface area contributed by atoms with Crippen LogP contribution < -0.4 is 0 Å². The highest BCUT2D eigenvalue weighted by Crippen LogP contribution is 2.33. The number of nitrogens with zero attached hydrogens (tertiary/aromatic N) is 1. The van der Waals surface area contributed by atoms with Crippen molar-refractivity contribution >= 4 is 11.6 Å². The fraction of sp³-hybridized carbons (Fsp3) is 0.375. The molecule has 0 amide bonds. The maximum Gasteiger partial charge on any atom is 0.433 e. The van der Waals surface area contributed by atoms with Gasteiger partial charge in [0, 0.05) is 5.88 Å². The first-order valence-corrected chi connectivity index (χ1v) is 4.41. The van der Waals surface area contributed by atoms with E-state index < -0.39 is 41.3 Å². The van der Waals surface area contributed by atoms with Crippen LogP contribution in [0.25, 0.3) is 0 Å². The van der Waals surface area contributed by atoms with Gasteiger partial charge in [0.15, 0.2) is 0 Å². The topological polar surface area (TPSA) is 12.9 Å². The zero-order valence-corrected chi connectivity index (χ0v) is 8.21. The molecule has 1 rings (SSSR count). The Morgan fingerprint density at radius 2 is 1.88 bits per heavy atom. The molecule has 0 aliphatic heterocycles. The maximum absolute atomic E-state index is 12.9. The van der Waals surface area contributed by atoms with E-state index >= 15 is 0 Å². The highest BCUT2D eigenvalue weighted by molar-refractivity contribution is 6.17. The van der Waals surface area contributed by atoms with E-state index in [9.17, 15) is 26.3 Å². The second-order valence-electron chi connectivity index (χ2n) is 2.80. The van der Waals surface area contributed by atoms with Crippen LogP contribution in [-0.2, 0) is 12.1 Å². The molecular formula is C8H4ClF6N. The van der Waals surface area contributed by atoms with E-state index in [2.05, 4.69) is 4.98 Å². The molecule has 0 saturated carbocycles. The van der Waals surface area contributed by atoms with E-state index in [1.807, 2.05) is 0 Å². The van der Waals surface area contributed by atoms with Crippen molar-refractivity contribution in [1.29, 1.82) is 0 Å². The Labute approximate surface area is 91.0 Å². The molecule has 16 heavy (non-hydrogen) atoms. The highest BCUT2D eigenvalue weighted by atomic mass is 35.5. The van der Waals surface area contributed by atoms with E-state index in [0.29, 0.717) is 6.07 Å². The smallest absolute Gasteiger partial charge is 0.215 e. The monoisotopic (exact) mass is 263 g/mol. The quantitative estimate of drug-likeness (QED) is 0.448. The largest absolute Gasteiger partial charge is 0.433 e. The van der Waals surface area contributed by atoms with Crippen molar-refractivity contribution in [3.05, 3.63) is 28.8 Å². The third-order valence-corrected chi connectivity index (χ3v) is 2.04. The molecule has 1 aromatic rings. The Bertz CT molecular complexity index is 389. The van der Waals surface area contributed by atoms with Gasteiger partial charge in [-0.3, -0.25) is 0 Å². The van der Waals surface area contributed by atoms with E-state index in [0.717, 1.165) is 0 Å². The van der Waals surface area contributed by atoms with E-state index in [1.54, 1.807) is 0 Å². The van der Waals surface area contributed by atoms with Crippen LogP contribution in [0.5, 0.6) is 0 Å². The van der Waals surface area contributed by atoms with Gasteiger partial charge in [-0.15, -0.1) is 11.6 Å². The second kappa shape index (κ2) is 4.48. The zero-order valence-electron chi connectivity index (χ0n) is 7.45. The Kier molecular flexibility index (Phi) is 3.67. The van der Waals surface area contributed by atoms with Gasteiger partial charge in [0.1, 0.15) is 5.69 Å². The summed E-state index contributed by atoms with van der Waals surface area (Å²) in [6.07, 6.45) is -8.16. The molecular weight excluding hydrogens is 260 g/mol. The fourth-order valence-corrected chi connectivity index (χ4v) is 1.28. The minimum absolute atomic E-state index is 0.317. The number of hydrogen-bond acceptors (Lipinski definition) is 1. The minimum atomic E-state index is -4.90. The van der Waals surface area contributed by atoms with Gasteiger partial charge in [0.05, 0.1) is 5.56 Å². The second-order valence-corrected chi connectivity index (χ2v) is 3.07. The average molecular weight is 264 g/mol. The summed E-state index contributed by atoms with van der Waals surface area (Å²) < 4.78 is 74.0. The first-order valence-electron chi connectivity index (χ1n) is 3.88. The molecule has 0 N–H and O–H groups in total. The third kappa shape index (κ3) is 2.58. The Hall–Kier alpha value is -0.980. The average Bonchev–Trinajstić information content (AvgIpc) is 2.14. The molecule has 0 aliphatic carbocycles. The molecule has 1 heterocycles. The number of halogens is 7. The summed E-state index contributed by atoms with van der Waals surface area (Å²) in [6, 6.07) is 0.317. The van der Waals surface area contributed by atoms with Crippen LogP contribution in [0.4, 0.5) is 26.3 Å². The van der Waals surface area contributed by atoms with Gasteiger partial charge in [-0.1, -0.05) is 0 Å². The normalized spacial score (nSPS) is 12.2. The van der Waals surface area contributed by atoms with E-state index in [4.69, 9.17) is 11.6 Å². The molecule has 0 bridgehead atoms. The molecule has 0 aliphatic rings. The lowest BCUT2D eigenvalue weighted by atomic mass is 10.1. The van der Waals surface area contributed by atoms with Crippen molar-refractivity contribution in [2.45, 2.75) is 18.5 Å². The minimum Gasteiger partial charge on any atom is -0.215 e. The summed E-state index contributed by atoms with van der Waals surface area (Å²) in [6.45, 7) is 0. The predicted octanol–water partition coefficient (Wildman–Crippen LogP) is 3.92. The number of pyridine rings is 1. The van der Waals surface area contributed by atoms with Gasteiger partial charge in [-0.05, 0) is 11.6 Å². The Morgan fingerprint density at radius 3 is 2.25 bits per heavy atom. The third-order valence-electron chi connectivity index (χ3n) is 1.75. The van der Waals surface area contributed by atoms with Crippen LogP contribution >= 0.6 is 11.6 Å². The van der Waals surface area contributed by atoms with Crippen LogP contribution in [0.1, 0.15) is 23.2 Å². The first-order chi connectivity index (χ1) is 7.27. The predicted molar refractivity (Wildman–Crippen MR) is 43.7 cm³/mol. The highest BCUT2D eigenvalue weighted by Gasteiger charge is 2.35. The van der Waals surface area contributed by atoms with Crippen LogP contribution in [-0.4, -0.2) is 4.98 Å². The molecule has 0 atom stereocenters. The summed E-state index contributed by atoms with van der Waals surface area (Å²) in [5, 5.41) is 0. The van der Waals surface area contributed by atoms with Crippen molar-refractivity contribution in [2.75, 3.05) is 0 Å². The summed E-state index contributed by atoms with van der Waals surface area (Å²) in [4.78, 5) is 2.44. The number of alkyl halides is 6. The van der Waals surface area contributed by atoms with Crippen molar-refractivity contribution in [2.24, 2.45) is 0 Å². The standard InChI is InChI=1S/C8H4ClF6N/c9-2-3-1-4(8(13,14)15)16-7(12)5(3)6(10)11/h1,6H,2H2. The maximum atomic E-state index is 12.9. The molecule has 90 valence electrons. The molecule has 0 radical (unpaired) electrons. The van der Waals surface area contributed by atoms with Gasteiger partial charge in [0.2, 0.25) is 5.95 Å². The molecule has 0 unspecified atom stereocenters. The first kappa shape index (κ1) is 13.1. The number of rotatable bonds is 2. The lowest BCUT2D eigenvalue weighted by Crippen LogP contribution is -2.12. The Morgan fingerprint density at radius 1 is 1.31 bits per heavy atom. The van der Waals surface area contributed by atoms with Crippen molar-refractivity contribution in [1.82, 2.24) is 4.98 Å². The molecule has 0 spiro atoms. The summed E-state index contributed by atoms with van der Waals surface area (Å²) >= 11 is 5.18. The van der Waals surface area contributed by atoms with Gasteiger partial charge in [-0.25, -0.2) is 13.8 Å². The fourth-order valence-electron chi connectivity index (χ4n) is 1.06. The van der Waals surface area contributed by atoms with Crippen LogP contribution in [0.15, 0.2) is 6.07 Å². The number of hydrogen-bond donors (Lipinski definition) is 0. The summed E-state index contributed by atoms with van der Waals surface area (Å²) in [5.74, 6) is -2.50. The van der Waals surface area contributed by atoms with Crippen LogP contribution in [0.2, 0.25) is 0 Å². The van der Waals surface area contributed by atoms with Crippen LogP contribution in [0, 0.1) is 5.95 Å². The SMILES string of the molecule is Fc1nc(C(F)(F)F)cc(CCl)c1C(F)F. The van der Waals surface area contributed by atoms with E-state index in [-0.39, 0.29) is 0 Å². The molecule has 1 aromatic heterocycles. The van der Waals surface area contributed by atoms with Crippen molar-refractivity contribution in [3.8, 4) is 0 Å². The van der Waals surface area contributed by atoms with Crippen molar-refractivity contribution < 1.29 is 26.3 Å². The van der Waals surface area contributed by atoms with Crippen LogP contribution in [0.3, 0.4) is 0 Å². The van der Waals surface area contributed by atoms with Gasteiger partial charge < -0.3 is 0 Å². The van der Waals surface area contributed by atoms with Gasteiger partial charge in [0.25, 0.3) is 6.43 Å². The zero-order chi connectivity index (χ0) is 12.5. The summed E-state index contributed by atoms with van der Waals surface area (Å²) in [5.41, 5.74) is -3.38.